The van der Waals surface area contributed by atoms with Gasteiger partial charge in [0.05, 0.1) is 6.54 Å². The van der Waals surface area contributed by atoms with Crippen LogP contribution in [0.5, 0.6) is 0 Å². The molecule has 1 aromatic rings. The monoisotopic (exact) mass is 203 g/mol. The predicted octanol–water partition coefficient (Wildman–Crippen LogP) is 1.07. The Labute approximate surface area is 90.3 Å². The molecule has 3 nitrogen and oxygen atoms in total. The number of carbonyl (C=O) groups excluding carboxylic acids is 1. The molecule has 0 unspecified atom stereocenters. The lowest BCUT2D eigenvalue weighted by atomic mass is 10.2. The molecule has 1 radical (unpaired) electrons. The molecule has 0 N–H and O–H groups in total. The highest BCUT2D eigenvalue weighted by Gasteiger charge is 2.20. The molecule has 15 heavy (non-hydrogen) atoms. The van der Waals surface area contributed by atoms with E-state index in [-0.39, 0.29) is 5.91 Å². The molecule has 0 bridgehead atoms. The van der Waals surface area contributed by atoms with Gasteiger partial charge in [0.1, 0.15) is 0 Å². The Morgan fingerprint density at radius 2 is 2.13 bits per heavy atom. The second-order valence-electron chi connectivity index (χ2n) is 4.01. The Morgan fingerprint density at radius 1 is 1.33 bits per heavy atom. The summed E-state index contributed by atoms with van der Waals surface area (Å²) in [6, 6.07) is 9.06. The van der Waals surface area contributed by atoms with E-state index in [1.807, 2.05) is 26.1 Å². The second-order valence-corrected chi connectivity index (χ2v) is 4.01. The Balaban J connectivity index is 2.15. The molecule has 1 fully saturated rings. The summed E-state index contributed by atoms with van der Waals surface area (Å²) in [4.78, 5) is 15.4. The van der Waals surface area contributed by atoms with Crippen LogP contribution in [0.3, 0.4) is 0 Å². The number of amides is 1. The molecule has 0 spiro atoms. The fraction of sp³-hybridized carbons (Fsp3) is 0.417. The summed E-state index contributed by atoms with van der Waals surface area (Å²) in [6.07, 6.45) is 0. The van der Waals surface area contributed by atoms with Crippen molar-refractivity contribution in [3.05, 3.63) is 29.8 Å². The number of anilines is 1. The average Bonchev–Trinajstić information content (AvgIpc) is 2.22. The van der Waals surface area contributed by atoms with E-state index in [9.17, 15) is 4.79 Å². The first-order chi connectivity index (χ1) is 7.16. The molecule has 2 rings (SSSR count). The normalized spacial score (nSPS) is 17.1. The first-order valence-corrected chi connectivity index (χ1v) is 5.13. The molecule has 0 aliphatic carbocycles. The standard InChI is InChI=1S/C12H15N2O/c1-10-4-3-5-11(8-10)14-7-6-13(2)12(15)9-14/h4-5,8H,6-7,9H2,1-2H3. The van der Waals surface area contributed by atoms with Crippen molar-refractivity contribution in [1.29, 1.82) is 0 Å². The third-order valence-electron chi connectivity index (χ3n) is 2.74. The minimum Gasteiger partial charge on any atom is -0.360 e. The van der Waals surface area contributed by atoms with Crippen LogP contribution in [-0.4, -0.2) is 37.5 Å². The van der Waals surface area contributed by atoms with Crippen LogP contribution in [0.15, 0.2) is 18.2 Å². The van der Waals surface area contributed by atoms with E-state index < -0.39 is 0 Å². The topological polar surface area (TPSA) is 23.6 Å². The van der Waals surface area contributed by atoms with Crippen molar-refractivity contribution < 1.29 is 4.79 Å². The fourth-order valence-electron chi connectivity index (χ4n) is 1.74. The van der Waals surface area contributed by atoms with E-state index >= 15 is 0 Å². The lowest BCUT2D eigenvalue weighted by Crippen LogP contribution is -2.48. The zero-order chi connectivity index (χ0) is 10.8. The number of hydrogen-bond donors (Lipinski definition) is 0. The van der Waals surface area contributed by atoms with Crippen LogP contribution in [0.25, 0.3) is 0 Å². The van der Waals surface area contributed by atoms with Crippen LogP contribution in [0.1, 0.15) is 5.56 Å². The minimum absolute atomic E-state index is 0.183. The van der Waals surface area contributed by atoms with Crippen LogP contribution >= 0.6 is 0 Å². The molecular formula is C12H15N2O. The van der Waals surface area contributed by atoms with Crippen molar-refractivity contribution in [1.82, 2.24) is 4.90 Å². The number of nitrogens with zero attached hydrogens (tertiary/aromatic N) is 2. The highest BCUT2D eigenvalue weighted by molar-refractivity contribution is 5.82. The lowest BCUT2D eigenvalue weighted by molar-refractivity contribution is -0.129. The van der Waals surface area contributed by atoms with Gasteiger partial charge in [-0.25, -0.2) is 0 Å². The second kappa shape index (κ2) is 3.93. The zero-order valence-electron chi connectivity index (χ0n) is 9.16. The lowest BCUT2D eigenvalue weighted by Gasteiger charge is -2.33. The molecule has 1 saturated heterocycles. The zero-order valence-corrected chi connectivity index (χ0v) is 9.16. The summed E-state index contributed by atoms with van der Waals surface area (Å²) in [5, 5.41) is 0. The van der Waals surface area contributed by atoms with Crippen LogP contribution in [0.2, 0.25) is 0 Å². The van der Waals surface area contributed by atoms with Gasteiger partial charge in [0.25, 0.3) is 0 Å². The number of likely N-dealkylation sites (N-methyl/N-ethyl adjacent to an activating group) is 1. The summed E-state index contributed by atoms with van der Waals surface area (Å²) in [5.41, 5.74) is 2.27. The molecule has 1 aliphatic heterocycles. The molecule has 0 atom stereocenters. The predicted molar refractivity (Wildman–Crippen MR) is 59.9 cm³/mol. The maximum absolute atomic E-state index is 11.5. The first-order valence-electron chi connectivity index (χ1n) is 5.13. The van der Waals surface area contributed by atoms with Crippen molar-refractivity contribution in [3.63, 3.8) is 0 Å². The smallest absolute Gasteiger partial charge is 0.241 e. The van der Waals surface area contributed by atoms with Crippen LogP contribution in [0, 0.1) is 13.0 Å². The summed E-state index contributed by atoms with van der Waals surface area (Å²) in [6.45, 7) is 4.22. The number of aryl methyl sites for hydroxylation is 1. The summed E-state index contributed by atoms with van der Waals surface area (Å²) >= 11 is 0. The molecule has 1 heterocycles. The van der Waals surface area contributed by atoms with Gasteiger partial charge in [-0.2, -0.15) is 0 Å². The minimum atomic E-state index is 0.183. The van der Waals surface area contributed by atoms with Gasteiger partial charge in [0.15, 0.2) is 0 Å². The van der Waals surface area contributed by atoms with Gasteiger partial charge >= 0.3 is 0 Å². The van der Waals surface area contributed by atoms with Gasteiger partial charge in [-0.1, -0.05) is 6.07 Å². The molecule has 0 saturated carbocycles. The van der Waals surface area contributed by atoms with Crippen LogP contribution in [-0.2, 0) is 4.79 Å². The van der Waals surface area contributed by atoms with Gasteiger partial charge in [0.2, 0.25) is 5.91 Å². The first kappa shape index (κ1) is 10.0. The third kappa shape index (κ3) is 2.12. The van der Waals surface area contributed by atoms with Gasteiger partial charge < -0.3 is 9.80 Å². The van der Waals surface area contributed by atoms with E-state index in [0.717, 1.165) is 18.8 Å². The Morgan fingerprint density at radius 3 is 2.80 bits per heavy atom. The summed E-state index contributed by atoms with van der Waals surface area (Å²) in [7, 11) is 1.85. The van der Waals surface area contributed by atoms with Crippen molar-refractivity contribution in [3.8, 4) is 0 Å². The van der Waals surface area contributed by atoms with E-state index in [4.69, 9.17) is 0 Å². The van der Waals surface area contributed by atoms with Crippen LogP contribution < -0.4 is 4.90 Å². The molecule has 1 amide bonds. The van der Waals surface area contributed by atoms with Crippen molar-refractivity contribution in [2.24, 2.45) is 0 Å². The molecular weight excluding hydrogens is 188 g/mol. The van der Waals surface area contributed by atoms with Gasteiger partial charge in [-0.15, -0.1) is 0 Å². The quantitative estimate of drug-likeness (QED) is 0.681. The van der Waals surface area contributed by atoms with Crippen molar-refractivity contribution in [2.45, 2.75) is 6.92 Å². The Hall–Kier alpha value is -1.51. The molecule has 1 aromatic carbocycles. The molecule has 3 heteroatoms. The number of piperazine rings is 1. The molecule has 1 aliphatic rings. The number of benzene rings is 1. The maximum Gasteiger partial charge on any atom is 0.241 e. The van der Waals surface area contributed by atoms with Gasteiger partial charge in [-0.3, -0.25) is 4.79 Å². The highest BCUT2D eigenvalue weighted by Crippen LogP contribution is 2.17. The molecule has 0 aromatic heterocycles. The SMILES string of the molecule is Cc1c[c]cc(N2CCN(C)C(=O)C2)c1. The van der Waals surface area contributed by atoms with E-state index in [1.54, 1.807) is 4.90 Å². The average molecular weight is 203 g/mol. The Bertz CT molecular complexity index is 376. The highest BCUT2D eigenvalue weighted by atomic mass is 16.2. The summed E-state index contributed by atoms with van der Waals surface area (Å²) < 4.78 is 0. The molecule has 79 valence electrons. The van der Waals surface area contributed by atoms with E-state index in [0.29, 0.717) is 6.54 Å². The number of carbonyl (C=O) groups is 1. The Kier molecular flexibility index (Phi) is 2.62. The fourth-order valence-corrected chi connectivity index (χ4v) is 1.74. The van der Waals surface area contributed by atoms with Crippen LogP contribution in [0.4, 0.5) is 5.69 Å². The number of rotatable bonds is 1. The van der Waals surface area contributed by atoms with Gasteiger partial charge in [-0.05, 0) is 30.7 Å². The van der Waals surface area contributed by atoms with E-state index in [2.05, 4.69) is 17.0 Å². The largest absolute Gasteiger partial charge is 0.360 e. The van der Waals surface area contributed by atoms with Crippen molar-refractivity contribution >= 4 is 11.6 Å². The number of hydrogen-bond acceptors (Lipinski definition) is 2. The van der Waals surface area contributed by atoms with Crippen molar-refractivity contribution in [2.75, 3.05) is 31.6 Å². The van der Waals surface area contributed by atoms with Gasteiger partial charge in [0, 0.05) is 25.8 Å². The third-order valence-corrected chi connectivity index (χ3v) is 2.74. The van der Waals surface area contributed by atoms with E-state index in [1.165, 1.54) is 5.56 Å². The maximum atomic E-state index is 11.5. The summed E-state index contributed by atoms with van der Waals surface area (Å²) in [5.74, 6) is 0.183.